The van der Waals surface area contributed by atoms with Gasteiger partial charge >= 0.3 is 6.18 Å². The van der Waals surface area contributed by atoms with E-state index in [-0.39, 0.29) is 17.5 Å². The molecule has 2 aromatic rings. The second-order valence-electron chi connectivity index (χ2n) is 8.96. The number of alkyl halides is 3. The Morgan fingerprint density at radius 2 is 1.79 bits per heavy atom. The molecule has 0 radical (unpaired) electrons. The number of hydrogen-bond donors (Lipinski definition) is 1. The van der Waals surface area contributed by atoms with Crippen LogP contribution in [-0.4, -0.2) is 12.5 Å². The highest BCUT2D eigenvalue weighted by atomic mass is 19.4. The quantitative estimate of drug-likeness (QED) is 0.685. The van der Waals surface area contributed by atoms with Crippen molar-refractivity contribution in [3.05, 3.63) is 58.7 Å². The third-order valence-corrected chi connectivity index (χ3v) is 5.01. The summed E-state index contributed by atoms with van der Waals surface area (Å²) in [4.78, 5) is 14.1. The molecule has 1 heterocycles. The van der Waals surface area contributed by atoms with E-state index in [0.717, 1.165) is 18.1 Å². The number of carbonyl (C=O) groups excluding carboxylic acids is 1. The second-order valence-corrected chi connectivity index (χ2v) is 8.96. The van der Waals surface area contributed by atoms with E-state index in [1.807, 2.05) is 44.7 Å². The predicted molar refractivity (Wildman–Crippen MR) is 110 cm³/mol. The van der Waals surface area contributed by atoms with Crippen LogP contribution in [0.3, 0.4) is 0 Å². The number of hydrogen-bond acceptors (Lipinski definition) is 2. The van der Waals surface area contributed by atoms with E-state index in [0.29, 0.717) is 18.8 Å². The van der Waals surface area contributed by atoms with Crippen LogP contribution in [0.1, 0.15) is 49.4 Å². The van der Waals surface area contributed by atoms with Gasteiger partial charge < -0.3 is 10.2 Å². The molecule has 0 unspecified atom stereocenters. The SMILES string of the molecule is Cc1ccc2c(c1)CCN(c1ccc(NC(=O)CC(C)(C)C)c(C(F)(F)F)c1)C2. The number of benzene rings is 2. The van der Waals surface area contributed by atoms with Gasteiger partial charge in [-0.1, -0.05) is 44.5 Å². The number of rotatable bonds is 3. The van der Waals surface area contributed by atoms with E-state index in [4.69, 9.17) is 0 Å². The fourth-order valence-corrected chi connectivity index (χ4v) is 3.65. The number of fused-ring (bicyclic) bond motifs is 1. The molecular weight excluding hydrogens is 377 g/mol. The van der Waals surface area contributed by atoms with Crippen LogP contribution in [0, 0.1) is 12.3 Å². The number of nitrogens with zero attached hydrogens (tertiary/aromatic N) is 1. The molecule has 0 spiro atoms. The Kier molecular flexibility index (Phi) is 5.65. The maximum absolute atomic E-state index is 13.7. The lowest BCUT2D eigenvalue weighted by molar-refractivity contribution is -0.136. The molecule has 0 saturated heterocycles. The van der Waals surface area contributed by atoms with Crippen LogP contribution in [-0.2, 0) is 23.9 Å². The van der Waals surface area contributed by atoms with Crippen LogP contribution < -0.4 is 10.2 Å². The lowest BCUT2D eigenvalue weighted by Crippen LogP contribution is -2.30. The molecule has 6 heteroatoms. The molecule has 1 aliphatic heterocycles. The number of amides is 1. The summed E-state index contributed by atoms with van der Waals surface area (Å²) in [7, 11) is 0. The van der Waals surface area contributed by atoms with Crippen LogP contribution in [0.5, 0.6) is 0 Å². The highest BCUT2D eigenvalue weighted by Gasteiger charge is 2.35. The lowest BCUT2D eigenvalue weighted by atomic mass is 9.92. The predicted octanol–water partition coefficient (Wildman–Crippen LogP) is 5.95. The summed E-state index contributed by atoms with van der Waals surface area (Å²) in [6, 6.07) is 10.4. The average molecular weight is 404 g/mol. The van der Waals surface area contributed by atoms with Gasteiger partial charge in [0.25, 0.3) is 0 Å². The standard InChI is InChI=1S/C23H27F3N2O/c1-15-5-6-17-14-28(10-9-16(17)11-15)18-7-8-20(19(12-18)23(24,25)26)27-21(29)13-22(2,3)4/h5-8,11-12H,9-10,13-14H2,1-4H3,(H,27,29). The highest BCUT2D eigenvalue weighted by molar-refractivity contribution is 5.92. The Labute approximate surface area is 169 Å². The topological polar surface area (TPSA) is 32.3 Å². The van der Waals surface area contributed by atoms with E-state index >= 15 is 0 Å². The molecule has 0 bridgehead atoms. The van der Waals surface area contributed by atoms with Crippen molar-refractivity contribution in [3.8, 4) is 0 Å². The van der Waals surface area contributed by atoms with Crippen molar-refractivity contribution in [2.75, 3.05) is 16.8 Å². The highest BCUT2D eigenvalue weighted by Crippen LogP contribution is 2.38. The molecule has 1 amide bonds. The Morgan fingerprint density at radius 1 is 1.07 bits per heavy atom. The van der Waals surface area contributed by atoms with Crippen molar-refractivity contribution < 1.29 is 18.0 Å². The average Bonchev–Trinajstić information content (AvgIpc) is 2.59. The minimum absolute atomic E-state index is 0.147. The first-order valence-corrected chi connectivity index (χ1v) is 9.77. The normalized spacial score (nSPS) is 14.5. The van der Waals surface area contributed by atoms with Crippen molar-refractivity contribution in [2.45, 2.75) is 53.3 Å². The summed E-state index contributed by atoms with van der Waals surface area (Å²) in [5.41, 5.74) is 2.78. The van der Waals surface area contributed by atoms with Gasteiger partial charge in [-0.25, -0.2) is 0 Å². The van der Waals surface area contributed by atoms with Gasteiger partial charge in [-0.3, -0.25) is 4.79 Å². The Morgan fingerprint density at radius 3 is 2.45 bits per heavy atom. The molecule has 0 aliphatic carbocycles. The molecule has 29 heavy (non-hydrogen) atoms. The first kappa shape index (κ1) is 21.2. The summed E-state index contributed by atoms with van der Waals surface area (Å²) in [6.07, 6.45) is -3.61. The van der Waals surface area contributed by atoms with Gasteiger partial charge in [-0.2, -0.15) is 13.2 Å². The van der Waals surface area contributed by atoms with E-state index < -0.39 is 17.6 Å². The molecule has 0 fully saturated rings. The number of carbonyl (C=O) groups is 1. The van der Waals surface area contributed by atoms with Gasteiger partial charge in [0.1, 0.15) is 0 Å². The van der Waals surface area contributed by atoms with E-state index in [2.05, 4.69) is 11.4 Å². The van der Waals surface area contributed by atoms with Gasteiger partial charge in [0.15, 0.2) is 0 Å². The van der Waals surface area contributed by atoms with E-state index in [9.17, 15) is 18.0 Å². The van der Waals surface area contributed by atoms with E-state index in [1.54, 1.807) is 6.07 Å². The van der Waals surface area contributed by atoms with Gasteiger partial charge in [-0.05, 0) is 48.1 Å². The van der Waals surface area contributed by atoms with Crippen LogP contribution in [0.25, 0.3) is 0 Å². The van der Waals surface area contributed by atoms with Gasteiger partial charge in [0.05, 0.1) is 11.3 Å². The van der Waals surface area contributed by atoms with Crippen molar-refractivity contribution in [2.24, 2.45) is 5.41 Å². The number of aryl methyl sites for hydroxylation is 1. The summed E-state index contributed by atoms with van der Waals surface area (Å²) >= 11 is 0. The fraction of sp³-hybridized carbons (Fsp3) is 0.435. The molecular formula is C23H27F3N2O. The zero-order valence-electron chi connectivity index (χ0n) is 17.3. The molecule has 0 saturated carbocycles. The van der Waals surface area contributed by atoms with Gasteiger partial charge in [0, 0.05) is 25.2 Å². The molecule has 0 atom stereocenters. The van der Waals surface area contributed by atoms with Crippen molar-refractivity contribution in [1.82, 2.24) is 0 Å². The Hall–Kier alpha value is -2.50. The zero-order chi connectivity index (χ0) is 21.4. The molecule has 156 valence electrons. The molecule has 1 N–H and O–H groups in total. The number of halogens is 3. The van der Waals surface area contributed by atoms with Gasteiger partial charge in [-0.15, -0.1) is 0 Å². The maximum Gasteiger partial charge on any atom is 0.418 e. The summed E-state index contributed by atoms with van der Waals surface area (Å²) in [6.45, 7) is 8.88. The van der Waals surface area contributed by atoms with Crippen molar-refractivity contribution in [3.63, 3.8) is 0 Å². The van der Waals surface area contributed by atoms with Gasteiger partial charge in [0.2, 0.25) is 5.91 Å². The zero-order valence-corrected chi connectivity index (χ0v) is 17.3. The first-order valence-electron chi connectivity index (χ1n) is 9.77. The summed E-state index contributed by atoms with van der Waals surface area (Å²) in [5, 5.41) is 2.45. The van der Waals surface area contributed by atoms with Crippen molar-refractivity contribution in [1.29, 1.82) is 0 Å². The third-order valence-electron chi connectivity index (χ3n) is 5.01. The smallest absolute Gasteiger partial charge is 0.367 e. The molecule has 3 nitrogen and oxygen atoms in total. The van der Waals surface area contributed by atoms with E-state index in [1.165, 1.54) is 17.2 Å². The second kappa shape index (κ2) is 7.73. The first-order chi connectivity index (χ1) is 13.4. The third kappa shape index (κ3) is 5.31. The van der Waals surface area contributed by atoms with Crippen LogP contribution in [0.2, 0.25) is 0 Å². The molecule has 1 aliphatic rings. The minimum Gasteiger partial charge on any atom is -0.367 e. The number of anilines is 2. The van der Waals surface area contributed by atoms with Crippen molar-refractivity contribution >= 4 is 17.3 Å². The monoisotopic (exact) mass is 404 g/mol. The fourth-order valence-electron chi connectivity index (χ4n) is 3.65. The maximum atomic E-state index is 13.7. The Bertz CT molecular complexity index is 913. The largest absolute Gasteiger partial charge is 0.418 e. The molecule has 2 aromatic carbocycles. The number of nitrogens with one attached hydrogen (secondary N) is 1. The van der Waals surface area contributed by atoms with Crippen LogP contribution in [0.4, 0.5) is 24.5 Å². The molecule has 3 rings (SSSR count). The van der Waals surface area contributed by atoms with Crippen LogP contribution >= 0.6 is 0 Å². The summed E-state index contributed by atoms with van der Waals surface area (Å²) in [5.74, 6) is -0.419. The lowest BCUT2D eigenvalue weighted by Gasteiger charge is -2.31. The minimum atomic E-state index is -4.55. The Balaban J connectivity index is 1.86. The summed E-state index contributed by atoms with van der Waals surface area (Å²) < 4.78 is 41.1. The van der Waals surface area contributed by atoms with Crippen LogP contribution in [0.15, 0.2) is 36.4 Å². The molecule has 0 aromatic heterocycles.